The molecule has 2 aliphatic carbocycles. The van der Waals surface area contributed by atoms with Crippen molar-refractivity contribution in [3.63, 3.8) is 0 Å². The number of nitrogens with one attached hydrogen (secondary N) is 2. The normalized spacial score (nSPS) is 23.6. The van der Waals surface area contributed by atoms with Crippen molar-refractivity contribution in [1.29, 1.82) is 0 Å². The molecule has 3 aromatic rings. The fraction of sp³-hybridized carbons (Fsp3) is 0.222. The van der Waals surface area contributed by atoms with Gasteiger partial charge in [-0.3, -0.25) is 9.48 Å². The molecule has 2 aliphatic rings. The molecule has 0 radical (unpaired) electrons. The number of imidazole rings is 1. The third kappa shape index (κ3) is 2.15. The molecule has 0 spiro atoms. The first-order chi connectivity index (χ1) is 12.6. The third-order valence-corrected chi connectivity index (χ3v) is 5.04. The Kier molecular flexibility index (Phi) is 3.03. The Morgan fingerprint density at radius 3 is 3.08 bits per heavy atom. The van der Waals surface area contributed by atoms with E-state index < -0.39 is 0 Å². The number of primary amides is 1. The molecule has 5 rings (SSSR count). The van der Waals surface area contributed by atoms with Crippen LogP contribution in [0.2, 0.25) is 0 Å². The topological polar surface area (TPSA) is 115 Å². The highest BCUT2D eigenvalue weighted by atomic mass is 16.1. The highest BCUT2D eigenvalue weighted by Crippen LogP contribution is 2.40. The van der Waals surface area contributed by atoms with Gasteiger partial charge in [-0.05, 0) is 11.6 Å². The first-order valence-electron chi connectivity index (χ1n) is 8.39. The van der Waals surface area contributed by atoms with Gasteiger partial charge in [0.25, 0.3) is 0 Å². The molecule has 130 valence electrons. The van der Waals surface area contributed by atoms with Crippen molar-refractivity contribution in [3.05, 3.63) is 48.5 Å². The van der Waals surface area contributed by atoms with Gasteiger partial charge in [-0.15, -0.1) is 0 Å². The van der Waals surface area contributed by atoms with Crippen LogP contribution >= 0.6 is 0 Å². The quantitative estimate of drug-likeness (QED) is 0.659. The minimum Gasteiger partial charge on any atom is -0.376 e. The minimum atomic E-state index is -0.297. The van der Waals surface area contributed by atoms with Gasteiger partial charge in [0.05, 0.1) is 29.4 Å². The number of rotatable bonds is 4. The molecular weight excluding hydrogens is 330 g/mol. The predicted octanol–water partition coefficient (Wildman–Crippen LogP) is 1.37. The Bertz CT molecular complexity index is 1090. The molecule has 3 atom stereocenters. The molecule has 26 heavy (non-hydrogen) atoms. The van der Waals surface area contributed by atoms with E-state index in [1.54, 1.807) is 17.1 Å². The van der Waals surface area contributed by atoms with Crippen molar-refractivity contribution < 1.29 is 4.79 Å². The second-order valence-electron chi connectivity index (χ2n) is 6.70. The van der Waals surface area contributed by atoms with Crippen LogP contribution in [-0.2, 0) is 11.8 Å². The summed E-state index contributed by atoms with van der Waals surface area (Å²) in [5.74, 6) is 0.200. The Morgan fingerprint density at radius 2 is 2.31 bits per heavy atom. The number of carbonyl (C=O) groups is 1. The number of aromatic amines is 1. The van der Waals surface area contributed by atoms with E-state index in [4.69, 9.17) is 5.73 Å². The number of anilines is 1. The summed E-state index contributed by atoms with van der Waals surface area (Å²) in [7, 11) is 1.86. The average molecular weight is 347 g/mol. The van der Waals surface area contributed by atoms with Crippen molar-refractivity contribution in [3.8, 4) is 11.4 Å². The van der Waals surface area contributed by atoms with E-state index in [2.05, 4.69) is 31.4 Å². The van der Waals surface area contributed by atoms with Crippen LogP contribution in [-0.4, -0.2) is 36.7 Å². The van der Waals surface area contributed by atoms with Gasteiger partial charge in [-0.2, -0.15) is 5.10 Å². The second-order valence-corrected chi connectivity index (χ2v) is 6.70. The van der Waals surface area contributed by atoms with Crippen LogP contribution in [0.15, 0.2) is 48.5 Å². The summed E-state index contributed by atoms with van der Waals surface area (Å²) in [6.45, 7) is 0. The first-order valence-corrected chi connectivity index (χ1v) is 8.39. The number of H-pyrrole nitrogens is 1. The number of hydrogen-bond donors (Lipinski definition) is 3. The minimum absolute atomic E-state index is 0.0741. The van der Waals surface area contributed by atoms with Gasteiger partial charge in [-0.25, -0.2) is 9.97 Å². The Labute approximate surface area is 148 Å². The molecule has 4 N–H and O–H groups in total. The molecular formula is C18H17N7O. The van der Waals surface area contributed by atoms with Crippen LogP contribution in [0.4, 0.5) is 5.69 Å². The second kappa shape index (κ2) is 5.29. The zero-order valence-electron chi connectivity index (χ0n) is 14.0. The number of amides is 1. The highest BCUT2D eigenvalue weighted by molar-refractivity contribution is 5.89. The lowest BCUT2D eigenvalue weighted by molar-refractivity contribution is -0.122. The molecule has 0 saturated heterocycles. The Morgan fingerprint density at radius 1 is 1.42 bits per heavy atom. The van der Waals surface area contributed by atoms with Gasteiger partial charge in [0.1, 0.15) is 11.3 Å². The number of aromatic nitrogens is 5. The van der Waals surface area contributed by atoms with Crippen molar-refractivity contribution in [1.82, 2.24) is 24.7 Å². The lowest BCUT2D eigenvalue weighted by Gasteiger charge is -2.27. The Balaban J connectivity index is 1.53. The molecule has 0 aromatic carbocycles. The lowest BCUT2D eigenvalue weighted by atomic mass is 9.87. The maximum absolute atomic E-state index is 11.9. The summed E-state index contributed by atoms with van der Waals surface area (Å²) < 4.78 is 1.72. The van der Waals surface area contributed by atoms with Crippen LogP contribution in [0.25, 0.3) is 22.6 Å². The van der Waals surface area contributed by atoms with Crippen molar-refractivity contribution >= 4 is 22.8 Å². The molecule has 3 heterocycles. The number of pyridine rings is 1. The first kappa shape index (κ1) is 14.9. The van der Waals surface area contributed by atoms with Crippen LogP contribution in [0.3, 0.4) is 0 Å². The van der Waals surface area contributed by atoms with Crippen LogP contribution in [0.5, 0.6) is 0 Å². The van der Waals surface area contributed by atoms with E-state index in [0.29, 0.717) is 11.5 Å². The Hall–Kier alpha value is -3.42. The molecule has 1 amide bonds. The van der Waals surface area contributed by atoms with Gasteiger partial charge in [-0.1, -0.05) is 18.2 Å². The van der Waals surface area contributed by atoms with E-state index in [9.17, 15) is 4.79 Å². The molecule has 2 bridgehead atoms. The van der Waals surface area contributed by atoms with Crippen molar-refractivity contribution in [2.45, 2.75) is 6.04 Å². The van der Waals surface area contributed by atoms with Gasteiger partial charge in [0.2, 0.25) is 5.91 Å². The lowest BCUT2D eigenvalue weighted by Crippen LogP contribution is -2.40. The largest absolute Gasteiger partial charge is 0.376 e. The highest BCUT2D eigenvalue weighted by Gasteiger charge is 2.42. The maximum Gasteiger partial charge on any atom is 0.223 e. The van der Waals surface area contributed by atoms with E-state index in [-0.39, 0.29) is 23.8 Å². The molecule has 3 aromatic heterocycles. The third-order valence-electron chi connectivity index (χ3n) is 5.04. The van der Waals surface area contributed by atoms with E-state index in [1.165, 1.54) is 0 Å². The summed E-state index contributed by atoms with van der Waals surface area (Å²) in [6, 6.07) is 1.74. The molecule has 8 heteroatoms. The SMILES string of the molecule is Cn1cc(-c2nc3nccc(NC4C5=CC(C=C5)C4C(N)=O)c3[nH]2)cn1. The van der Waals surface area contributed by atoms with Crippen LogP contribution < -0.4 is 11.1 Å². The van der Waals surface area contributed by atoms with Gasteiger partial charge >= 0.3 is 0 Å². The monoisotopic (exact) mass is 347 g/mol. The van der Waals surface area contributed by atoms with Crippen LogP contribution in [0, 0.1) is 11.8 Å². The van der Waals surface area contributed by atoms with E-state index in [0.717, 1.165) is 22.3 Å². The number of aryl methyl sites for hydroxylation is 1. The smallest absolute Gasteiger partial charge is 0.223 e. The zero-order chi connectivity index (χ0) is 17.8. The van der Waals surface area contributed by atoms with Crippen LogP contribution in [0.1, 0.15) is 0 Å². The van der Waals surface area contributed by atoms with Crippen molar-refractivity contribution in [2.24, 2.45) is 24.6 Å². The van der Waals surface area contributed by atoms with Gasteiger partial charge in [0.15, 0.2) is 5.65 Å². The molecule has 3 unspecified atom stereocenters. The van der Waals surface area contributed by atoms with Gasteiger partial charge < -0.3 is 16.0 Å². The number of nitrogens with zero attached hydrogens (tertiary/aromatic N) is 4. The number of carbonyl (C=O) groups excluding carboxylic acids is 1. The summed E-state index contributed by atoms with van der Waals surface area (Å²) in [4.78, 5) is 24.1. The summed E-state index contributed by atoms with van der Waals surface area (Å²) in [6.07, 6.45) is 11.5. The fourth-order valence-corrected chi connectivity index (χ4v) is 3.82. The zero-order valence-corrected chi connectivity index (χ0v) is 14.0. The van der Waals surface area contributed by atoms with E-state index in [1.807, 2.05) is 31.5 Å². The summed E-state index contributed by atoms with van der Waals surface area (Å²) in [5, 5.41) is 7.64. The number of fused-ring (bicyclic) bond motifs is 2. The average Bonchev–Trinajstić information content (AvgIpc) is 3.37. The molecule has 0 fully saturated rings. The molecule has 0 saturated carbocycles. The molecule has 0 aliphatic heterocycles. The number of allylic oxidation sites excluding steroid dienone is 2. The van der Waals surface area contributed by atoms with E-state index >= 15 is 0 Å². The summed E-state index contributed by atoms with van der Waals surface area (Å²) in [5.41, 5.74) is 9.86. The summed E-state index contributed by atoms with van der Waals surface area (Å²) >= 11 is 0. The number of nitrogens with two attached hydrogens (primary N) is 1. The molecule has 8 nitrogen and oxygen atoms in total. The predicted molar refractivity (Wildman–Crippen MR) is 96.9 cm³/mol. The standard InChI is InChI=1S/C18H17N7O/c1-25-8-11(7-21-25)17-23-15-12(4-5-20-18(15)24-17)22-14-10-3-2-9(6-10)13(14)16(19)26/h2-9,13-14H,1H3,(H2,19,26)(H2,20,22,23,24). The number of hydrogen-bond acceptors (Lipinski definition) is 5. The van der Waals surface area contributed by atoms with Crippen molar-refractivity contribution in [2.75, 3.05) is 5.32 Å². The maximum atomic E-state index is 11.9. The van der Waals surface area contributed by atoms with Gasteiger partial charge in [0, 0.05) is 25.4 Å². The fourth-order valence-electron chi connectivity index (χ4n) is 3.82.